The number of hydrogen-bond donors (Lipinski definition) is 1. The fourth-order valence-electron chi connectivity index (χ4n) is 9.15. The summed E-state index contributed by atoms with van der Waals surface area (Å²) >= 11 is 0. The van der Waals surface area contributed by atoms with Crippen LogP contribution < -0.4 is 0 Å². The zero-order chi connectivity index (χ0) is 18.3. The fraction of sp³-hybridized carbons (Fsp3) is 1.00. The summed E-state index contributed by atoms with van der Waals surface area (Å²) in [5.41, 5.74) is 1.01. The number of hydrogen-bond acceptors (Lipinski definition) is 2. The van der Waals surface area contributed by atoms with Crippen molar-refractivity contribution in [2.75, 3.05) is 6.61 Å². The number of ether oxygens (including phenoxy) is 1. The van der Waals surface area contributed by atoms with Crippen LogP contribution in [0.3, 0.4) is 0 Å². The highest BCUT2D eigenvalue weighted by molar-refractivity contribution is 5.12. The van der Waals surface area contributed by atoms with Gasteiger partial charge in [0.15, 0.2) is 0 Å². The van der Waals surface area contributed by atoms with E-state index in [0.29, 0.717) is 16.9 Å². The number of fused-ring (bicyclic) bond motifs is 7. The van der Waals surface area contributed by atoms with Crippen LogP contribution in [0.1, 0.15) is 79.1 Å². The van der Waals surface area contributed by atoms with E-state index in [1.807, 2.05) is 0 Å². The summed E-state index contributed by atoms with van der Waals surface area (Å²) in [5.74, 6) is 5.80. The van der Waals surface area contributed by atoms with E-state index in [2.05, 4.69) is 27.7 Å². The van der Waals surface area contributed by atoms with Crippen molar-refractivity contribution in [2.45, 2.75) is 91.3 Å². The van der Waals surface area contributed by atoms with E-state index in [1.54, 1.807) is 0 Å². The normalized spacial score (nSPS) is 62.0. The molecular formula is C24H40O2. The van der Waals surface area contributed by atoms with Gasteiger partial charge in [-0.2, -0.15) is 0 Å². The molecule has 5 fully saturated rings. The van der Waals surface area contributed by atoms with Gasteiger partial charge in [-0.25, -0.2) is 0 Å². The Morgan fingerprint density at radius 2 is 1.65 bits per heavy atom. The molecular weight excluding hydrogens is 320 g/mol. The van der Waals surface area contributed by atoms with E-state index < -0.39 is 0 Å². The molecule has 0 aromatic rings. The van der Waals surface area contributed by atoms with E-state index >= 15 is 0 Å². The lowest BCUT2D eigenvalue weighted by Crippen LogP contribution is -2.54. The second kappa shape index (κ2) is 5.96. The predicted molar refractivity (Wildman–Crippen MR) is 105 cm³/mol. The van der Waals surface area contributed by atoms with Crippen molar-refractivity contribution in [1.29, 1.82) is 0 Å². The molecule has 0 aromatic heterocycles. The second-order valence-electron chi connectivity index (χ2n) is 11.6. The molecule has 0 radical (unpaired) electrons. The monoisotopic (exact) mass is 360 g/mol. The van der Waals surface area contributed by atoms with Gasteiger partial charge in [-0.1, -0.05) is 27.7 Å². The van der Waals surface area contributed by atoms with Gasteiger partial charge in [-0.3, -0.25) is 0 Å². The SMILES string of the molecule is CC1COC2C[C@H]3[C@@H]4CCC5C[C@@H](O)CC[C@]5(C)[C@H]4CC[C@]3(C)C2[C@@H]1C. The first kappa shape index (κ1) is 18.0. The van der Waals surface area contributed by atoms with Gasteiger partial charge in [0.05, 0.1) is 12.2 Å². The molecule has 4 unspecified atom stereocenters. The van der Waals surface area contributed by atoms with Crippen molar-refractivity contribution in [2.24, 2.45) is 52.3 Å². The summed E-state index contributed by atoms with van der Waals surface area (Å²) in [6, 6.07) is 0. The molecule has 1 heterocycles. The number of aliphatic hydroxyl groups is 1. The summed E-state index contributed by atoms with van der Waals surface area (Å²) in [6.07, 6.45) is 10.9. The molecule has 0 aromatic carbocycles. The molecule has 0 spiro atoms. The van der Waals surface area contributed by atoms with Crippen molar-refractivity contribution in [1.82, 2.24) is 0 Å². The first-order valence-corrected chi connectivity index (χ1v) is 11.6. The zero-order valence-electron chi connectivity index (χ0n) is 17.4. The van der Waals surface area contributed by atoms with Crippen LogP contribution in [-0.2, 0) is 4.74 Å². The van der Waals surface area contributed by atoms with Gasteiger partial charge in [-0.05, 0) is 104 Å². The molecule has 4 aliphatic carbocycles. The van der Waals surface area contributed by atoms with Crippen molar-refractivity contribution in [3.05, 3.63) is 0 Å². The largest absolute Gasteiger partial charge is 0.393 e. The zero-order valence-corrected chi connectivity index (χ0v) is 17.4. The molecule has 2 nitrogen and oxygen atoms in total. The molecule has 1 N–H and O–H groups in total. The average Bonchev–Trinajstić information content (AvgIpc) is 2.92. The third kappa shape index (κ3) is 2.30. The van der Waals surface area contributed by atoms with Gasteiger partial charge in [0.1, 0.15) is 0 Å². The highest BCUT2D eigenvalue weighted by atomic mass is 16.5. The number of rotatable bonds is 0. The standard InChI is InChI=1S/C24H40O2/c1-14-13-26-21-12-20-18-6-5-16-11-17(25)7-9-23(16,3)19(18)8-10-24(20,4)22(21)15(14)2/h14-22,25H,5-13H2,1-4H3/t14?,15-,16?,17+,18-,19+,20+,21?,22?,23+,24+/m1/s1. The molecule has 4 saturated carbocycles. The van der Waals surface area contributed by atoms with Gasteiger partial charge in [0, 0.05) is 6.61 Å². The second-order valence-corrected chi connectivity index (χ2v) is 11.6. The Labute approximate surface area is 160 Å². The van der Waals surface area contributed by atoms with E-state index in [0.717, 1.165) is 60.9 Å². The lowest BCUT2D eigenvalue weighted by atomic mass is 9.44. The van der Waals surface area contributed by atoms with Crippen molar-refractivity contribution in [3.8, 4) is 0 Å². The van der Waals surface area contributed by atoms with E-state index in [4.69, 9.17) is 4.74 Å². The Balaban J connectivity index is 1.44. The van der Waals surface area contributed by atoms with Crippen LogP contribution >= 0.6 is 0 Å². The van der Waals surface area contributed by atoms with Crippen LogP contribution in [0.5, 0.6) is 0 Å². The molecule has 1 aliphatic heterocycles. The maximum absolute atomic E-state index is 10.2. The van der Waals surface area contributed by atoms with Crippen molar-refractivity contribution >= 4 is 0 Å². The Kier molecular flexibility index (Phi) is 4.12. The lowest BCUT2D eigenvalue weighted by Gasteiger charge is -2.61. The van der Waals surface area contributed by atoms with E-state index in [-0.39, 0.29) is 6.10 Å². The van der Waals surface area contributed by atoms with Gasteiger partial charge < -0.3 is 9.84 Å². The first-order chi connectivity index (χ1) is 12.3. The molecule has 5 rings (SSSR count). The third-order valence-electron chi connectivity index (χ3n) is 10.8. The highest BCUT2D eigenvalue weighted by Crippen LogP contribution is 2.69. The molecule has 148 valence electrons. The Bertz CT molecular complexity index is 560. The Morgan fingerprint density at radius 1 is 0.885 bits per heavy atom. The average molecular weight is 361 g/mol. The molecule has 5 aliphatic rings. The maximum Gasteiger partial charge on any atom is 0.0614 e. The third-order valence-corrected chi connectivity index (χ3v) is 10.8. The summed E-state index contributed by atoms with van der Waals surface area (Å²) in [4.78, 5) is 0. The van der Waals surface area contributed by atoms with Crippen LogP contribution in [0, 0.1) is 52.3 Å². The van der Waals surface area contributed by atoms with Crippen LogP contribution in [0.15, 0.2) is 0 Å². The first-order valence-electron chi connectivity index (χ1n) is 11.6. The topological polar surface area (TPSA) is 29.5 Å². The minimum atomic E-state index is -0.0245. The smallest absolute Gasteiger partial charge is 0.0614 e. The van der Waals surface area contributed by atoms with Gasteiger partial charge in [0.2, 0.25) is 0 Å². The summed E-state index contributed by atoms with van der Waals surface area (Å²) in [7, 11) is 0. The van der Waals surface area contributed by atoms with Gasteiger partial charge in [-0.15, -0.1) is 0 Å². The van der Waals surface area contributed by atoms with Crippen LogP contribution in [0.4, 0.5) is 0 Å². The fourth-order valence-corrected chi connectivity index (χ4v) is 9.15. The summed E-state index contributed by atoms with van der Waals surface area (Å²) in [5, 5.41) is 10.2. The van der Waals surface area contributed by atoms with Gasteiger partial charge >= 0.3 is 0 Å². The van der Waals surface area contributed by atoms with E-state index in [9.17, 15) is 5.11 Å². The van der Waals surface area contributed by atoms with E-state index in [1.165, 1.54) is 38.5 Å². The molecule has 11 atom stereocenters. The summed E-state index contributed by atoms with van der Waals surface area (Å²) < 4.78 is 6.43. The molecule has 0 amide bonds. The molecule has 2 heteroatoms. The van der Waals surface area contributed by atoms with Gasteiger partial charge in [0.25, 0.3) is 0 Å². The quantitative estimate of drug-likeness (QED) is 0.636. The minimum absolute atomic E-state index is 0.0245. The van der Waals surface area contributed by atoms with Crippen LogP contribution in [0.2, 0.25) is 0 Å². The summed E-state index contributed by atoms with van der Waals surface area (Å²) in [6.45, 7) is 11.2. The predicted octanol–water partition coefficient (Wildman–Crippen LogP) is 5.29. The van der Waals surface area contributed by atoms with Crippen LogP contribution in [-0.4, -0.2) is 23.9 Å². The minimum Gasteiger partial charge on any atom is -0.393 e. The molecule has 0 bridgehead atoms. The lowest BCUT2D eigenvalue weighted by molar-refractivity contribution is -0.139. The Hall–Kier alpha value is -0.0800. The Morgan fingerprint density at radius 3 is 2.46 bits per heavy atom. The highest BCUT2D eigenvalue weighted by Gasteiger charge is 2.64. The van der Waals surface area contributed by atoms with Crippen LogP contribution in [0.25, 0.3) is 0 Å². The number of aliphatic hydroxyl groups excluding tert-OH is 1. The van der Waals surface area contributed by atoms with Crippen molar-refractivity contribution < 1.29 is 9.84 Å². The molecule has 26 heavy (non-hydrogen) atoms. The van der Waals surface area contributed by atoms with Crippen molar-refractivity contribution in [3.63, 3.8) is 0 Å². The maximum atomic E-state index is 10.2. The molecule has 1 saturated heterocycles.